The van der Waals surface area contributed by atoms with Crippen LogP contribution in [0.25, 0.3) is 5.69 Å². The van der Waals surface area contributed by atoms with Crippen molar-refractivity contribution >= 4 is 31.9 Å². The summed E-state index contributed by atoms with van der Waals surface area (Å²) in [7, 11) is 0. The second-order valence-corrected chi connectivity index (χ2v) is 7.00. The minimum atomic E-state index is -4.51. The topological polar surface area (TPSA) is 28.7 Å². The van der Waals surface area contributed by atoms with E-state index in [0.717, 1.165) is 22.3 Å². The van der Waals surface area contributed by atoms with Gasteiger partial charge in [-0.2, -0.15) is 18.4 Å². The van der Waals surface area contributed by atoms with Gasteiger partial charge in [-0.25, -0.2) is 0 Å². The van der Waals surface area contributed by atoms with Gasteiger partial charge < -0.3 is 0 Å². The molecule has 0 aliphatic carbocycles. The lowest BCUT2D eigenvalue weighted by Gasteiger charge is -2.13. The lowest BCUT2D eigenvalue weighted by molar-refractivity contribution is -0.142. The maximum atomic E-state index is 12.9. The highest BCUT2D eigenvalue weighted by Gasteiger charge is 2.35. The maximum Gasteiger partial charge on any atom is 0.431 e. The highest BCUT2D eigenvalue weighted by Crippen LogP contribution is 2.34. The molecule has 20 heavy (non-hydrogen) atoms. The second kappa shape index (κ2) is 5.62. The zero-order valence-electron chi connectivity index (χ0n) is 9.83. The molecule has 0 spiro atoms. The monoisotopic (exact) mass is 406 g/mol. The van der Waals surface area contributed by atoms with E-state index in [4.69, 9.17) is 5.26 Å². The third-order valence-electron chi connectivity index (χ3n) is 2.69. The predicted octanol–water partition coefficient (Wildman–Crippen LogP) is 5.16. The van der Waals surface area contributed by atoms with Crippen LogP contribution in [-0.4, -0.2) is 4.57 Å². The normalized spacial score (nSPS) is 11.7. The average Bonchev–Trinajstić information content (AvgIpc) is 2.82. The highest BCUT2D eigenvalue weighted by atomic mass is 79.9. The van der Waals surface area contributed by atoms with Gasteiger partial charge in [0, 0.05) is 5.69 Å². The van der Waals surface area contributed by atoms with Crippen molar-refractivity contribution in [2.45, 2.75) is 9.91 Å². The van der Waals surface area contributed by atoms with Gasteiger partial charge in [0.05, 0.1) is 3.74 Å². The SMILES string of the molecule is N#Cc1ccc(C(F)(F)F)n1-c1ccc(C(Br)Br)cc1. The van der Waals surface area contributed by atoms with E-state index in [-0.39, 0.29) is 9.43 Å². The van der Waals surface area contributed by atoms with Gasteiger partial charge in [0.2, 0.25) is 0 Å². The van der Waals surface area contributed by atoms with Gasteiger partial charge in [-0.3, -0.25) is 4.57 Å². The predicted molar refractivity (Wildman–Crippen MR) is 76.1 cm³/mol. The van der Waals surface area contributed by atoms with E-state index in [0.29, 0.717) is 5.69 Å². The summed E-state index contributed by atoms with van der Waals surface area (Å²) in [6.07, 6.45) is -4.51. The number of hydrogen-bond donors (Lipinski definition) is 0. The molecule has 1 aromatic heterocycles. The van der Waals surface area contributed by atoms with Crippen LogP contribution in [0.2, 0.25) is 0 Å². The summed E-state index contributed by atoms with van der Waals surface area (Å²) >= 11 is 6.62. The van der Waals surface area contributed by atoms with Crippen molar-refractivity contribution in [1.29, 1.82) is 5.26 Å². The van der Waals surface area contributed by atoms with Crippen molar-refractivity contribution in [3.8, 4) is 11.8 Å². The Balaban J connectivity index is 2.57. The van der Waals surface area contributed by atoms with Crippen LogP contribution >= 0.6 is 31.9 Å². The summed E-state index contributed by atoms with van der Waals surface area (Å²) in [6.45, 7) is 0. The van der Waals surface area contributed by atoms with E-state index < -0.39 is 11.9 Å². The Bertz CT molecular complexity index is 652. The molecule has 0 radical (unpaired) electrons. The molecule has 0 aliphatic rings. The molecule has 0 N–H and O–H groups in total. The first kappa shape index (κ1) is 15.1. The summed E-state index contributed by atoms with van der Waals surface area (Å²) in [6, 6.07) is 10.3. The third kappa shape index (κ3) is 2.91. The van der Waals surface area contributed by atoms with Crippen LogP contribution in [0.1, 0.15) is 20.7 Å². The highest BCUT2D eigenvalue weighted by molar-refractivity contribution is 9.24. The van der Waals surface area contributed by atoms with Crippen molar-refractivity contribution in [2.75, 3.05) is 0 Å². The molecule has 7 heteroatoms. The Morgan fingerprint density at radius 1 is 1.05 bits per heavy atom. The van der Waals surface area contributed by atoms with Crippen molar-refractivity contribution in [2.24, 2.45) is 0 Å². The van der Waals surface area contributed by atoms with Crippen molar-refractivity contribution in [3.63, 3.8) is 0 Å². The molecule has 104 valence electrons. The fourth-order valence-electron chi connectivity index (χ4n) is 1.79. The molecule has 2 nitrogen and oxygen atoms in total. The van der Waals surface area contributed by atoms with E-state index >= 15 is 0 Å². The molecule has 0 bridgehead atoms. The molecule has 1 heterocycles. The number of benzene rings is 1. The number of rotatable bonds is 2. The number of nitriles is 1. The second-order valence-electron chi connectivity index (χ2n) is 3.94. The van der Waals surface area contributed by atoms with E-state index in [9.17, 15) is 13.2 Å². The average molecular weight is 408 g/mol. The Labute approximate surface area is 130 Å². The zero-order valence-corrected chi connectivity index (χ0v) is 13.0. The first-order valence-electron chi connectivity index (χ1n) is 5.42. The molecular formula is C13H7Br2F3N2. The molecule has 1 aromatic carbocycles. The van der Waals surface area contributed by atoms with Crippen molar-refractivity contribution in [3.05, 3.63) is 53.3 Å². The number of halogens is 5. The van der Waals surface area contributed by atoms with Crippen molar-refractivity contribution < 1.29 is 13.2 Å². The van der Waals surface area contributed by atoms with Gasteiger partial charge in [0.25, 0.3) is 0 Å². The fourth-order valence-corrected chi connectivity index (χ4v) is 2.40. The number of alkyl halides is 5. The molecule has 0 atom stereocenters. The van der Waals surface area contributed by atoms with E-state index in [2.05, 4.69) is 31.9 Å². The van der Waals surface area contributed by atoms with Crippen LogP contribution in [0.5, 0.6) is 0 Å². The first-order chi connectivity index (χ1) is 9.34. The molecular weight excluding hydrogens is 401 g/mol. The lowest BCUT2D eigenvalue weighted by atomic mass is 10.2. The smallest absolute Gasteiger partial charge is 0.297 e. The molecule has 2 rings (SSSR count). The summed E-state index contributed by atoms with van der Waals surface area (Å²) in [4.78, 5) is 0. The number of nitrogens with zero attached hydrogens (tertiary/aromatic N) is 2. The van der Waals surface area contributed by atoms with Crippen molar-refractivity contribution in [1.82, 2.24) is 4.57 Å². The van der Waals surface area contributed by atoms with Gasteiger partial charge >= 0.3 is 6.18 Å². The van der Waals surface area contributed by atoms with E-state index in [1.165, 1.54) is 0 Å². The van der Waals surface area contributed by atoms with E-state index in [1.54, 1.807) is 30.3 Å². The molecule has 0 fully saturated rings. The summed E-state index contributed by atoms with van der Waals surface area (Å²) < 4.78 is 39.7. The lowest BCUT2D eigenvalue weighted by Crippen LogP contribution is -2.13. The summed E-state index contributed by atoms with van der Waals surface area (Å²) in [5, 5.41) is 8.95. The fraction of sp³-hybridized carbons (Fsp3) is 0.154. The van der Waals surface area contributed by atoms with Gasteiger partial charge in [-0.05, 0) is 29.8 Å². The minimum absolute atomic E-state index is 0.0562. The largest absolute Gasteiger partial charge is 0.431 e. The molecule has 0 saturated heterocycles. The standard InChI is InChI=1S/C13H7Br2F3N2/c14-12(15)8-1-3-9(4-2-8)20-10(7-19)5-6-11(20)13(16,17)18/h1-6,12H. The summed E-state index contributed by atoms with van der Waals surface area (Å²) in [5.41, 5.74) is 0.242. The maximum absolute atomic E-state index is 12.9. The van der Waals surface area contributed by atoms with Crippen LogP contribution in [0.3, 0.4) is 0 Å². The Kier molecular flexibility index (Phi) is 4.25. The first-order valence-corrected chi connectivity index (χ1v) is 7.25. The van der Waals surface area contributed by atoms with Gasteiger partial charge in [0.1, 0.15) is 17.5 Å². The van der Waals surface area contributed by atoms with Crippen LogP contribution in [-0.2, 0) is 6.18 Å². The minimum Gasteiger partial charge on any atom is -0.297 e. The molecule has 0 aliphatic heterocycles. The van der Waals surface area contributed by atoms with Crippen LogP contribution in [0.4, 0.5) is 13.2 Å². The molecule has 2 aromatic rings. The Hall–Kier alpha value is -1.26. The number of aromatic nitrogens is 1. The van der Waals surface area contributed by atoms with Crippen LogP contribution in [0, 0.1) is 11.3 Å². The van der Waals surface area contributed by atoms with Crippen LogP contribution < -0.4 is 0 Å². The molecule has 0 amide bonds. The van der Waals surface area contributed by atoms with Gasteiger partial charge in [0.15, 0.2) is 0 Å². The van der Waals surface area contributed by atoms with Crippen LogP contribution in [0.15, 0.2) is 36.4 Å². The van der Waals surface area contributed by atoms with Gasteiger partial charge in [-0.15, -0.1) is 0 Å². The molecule has 0 unspecified atom stereocenters. The summed E-state index contributed by atoms with van der Waals surface area (Å²) in [5.74, 6) is 0. The Morgan fingerprint density at radius 2 is 1.65 bits per heavy atom. The molecule has 0 saturated carbocycles. The zero-order chi connectivity index (χ0) is 14.9. The van der Waals surface area contributed by atoms with Gasteiger partial charge in [-0.1, -0.05) is 44.0 Å². The third-order valence-corrected chi connectivity index (χ3v) is 3.75. The Morgan fingerprint density at radius 3 is 2.10 bits per heavy atom. The van der Waals surface area contributed by atoms with E-state index in [1.807, 2.05) is 0 Å². The number of hydrogen-bond acceptors (Lipinski definition) is 1. The quantitative estimate of drug-likeness (QED) is 0.632.